The molecule has 2 aromatic carbocycles. The summed E-state index contributed by atoms with van der Waals surface area (Å²) in [6.45, 7) is 3.90. The monoisotopic (exact) mass is 441 g/mol. The van der Waals surface area contributed by atoms with Gasteiger partial charge in [0.15, 0.2) is 0 Å². The maximum Gasteiger partial charge on any atom is 0.273 e. The van der Waals surface area contributed by atoms with Gasteiger partial charge in [-0.3, -0.25) is 9.89 Å². The number of amides is 1. The Morgan fingerprint density at radius 1 is 1.25 bits per heavy atom. The Morgan fingerprint density at radius 3 is 2.71 bits per heavy atom. The number of aromatic amines is 1. The zero-order chi connectivity index (χ0) is 20.0. The van der Waals surface area contributed by atoms with E-state index in [2.05, 4.69) is 26.1 Å². The third kappa shape index (κ3) is 2.91. The standard InChI is InChI=1S/C21H20BrN3O3/c1-11-8-12(2)16(15(27)9-11)18-17-19(24-23-18)21(28)25(6-7-26)20(17)13-4-3-5-14(22)10-13/h3-5,8-10,20,26-27H,6-7H2,1-2H3,(H,23,24)/t20-/m0/s1. The molecule has 3 N–H and O–H groups in total. The first kappa shape index (κ1) is 18.7. The molecule has 0 fully saturated rings. The fourth-order valence-electron chi connectivity index (χ4n) is 4.00. The molecule has 1 aromatic heterocycles. The van der Waals surface area contributed by atoms with Gasteiger partial charge in [-0.25, -0.2) is 0 Å². The second kappa shape index (κ2) is 7.07. The molecular formula is C21H20BrN3O3. The van der Waals surface area contributed by atoms with Crippen LogP contribution in [-0.2, 0) is 0 Å². The summed E-state index contributed by atoms with van der Waals surface area (Å²) in [5.74, 6) is -0.0788. The zero-order valence-corrected chi connectivity index (χ0v) is 17.1. The van der Waals surface area contributed by atoms with Gasteiger partial charge < -0.3 is 15.1 Å². The summed E-state index contributed by atoms with van der Waals surface area (Å²) < 4.78 is 0.897. The van der Waals surface area contributed by atoms with Crippen molar-refractivity contribution in [1.82, 2.24) is 15.1 Å². The van der Waals surface area contributed by atoms with E-state index in [0.717, 1.165) is 26.7 Å². The van der Waals surface area contributed by atoms with Crippen LogP contribution in [0, 0.1) is 13.8 Å². The van der Waals surface area contributed by atoms with Crippen molar-refractivity contribution in [2.24, 2.45) is 0 Å². The van der Waals surface area contributed by atoms with Crippen LogP contribution < -0.4 is 0 Å². The number of aryl methyl sites for hydroxylation is 2. The van der Waals surface area contributed by atoms with E-state index in [9.17, 15) is 15.0 Å². The molecule has 28 heavy (non-hydrogen) atoms. The molecule has 1 amide bonds. The van der Waals surface area contributed by atoms with Crippen molar-refractivity contribution in [3.05, 3.63) is 68.8 Å². The summed E-state index contributed by atoms with van der Waals surface area (Å²) in [6.07, 6.45) is 0. The number of rotatable bonds is 4. The molecule has 0 bridgehead atoms. The molecule has 0 unspecified atom stereocenters. The average Bonchev–Trinajstić information content (AvgIpc) is 3.15. The summed E-state index contributed by atoms with van der Waals surface area (Å²) in [5.41, 5.74) is 5.03. The van der Waals surface area contributed by atoms with Gasteiger partial charge in [-0.15, -0.1) is 0 Å². The number of nitrogens with zero attached hydrogens (tertiary/aromatic N) is 2. The lowest BCUT2D eigenvalue weighted by Gasteiger charge is -2.26. The first-order chi connectivity index (χ1) is 13.4. The summed E-state index contributed by atoms with van der Waals surface area (Å²) in [4.78, 5) is 14.6. The maximum atomic E-state index is 13.0. The second-order valence-electron chi connectivity index (χ2n) is 7.02. The smallest absolute Gasteiger partial charge is 0.273 e. The molecule has 3 aromatic rings. The van der Waals surface area contributed by atoms with Gasteiger partial charge in [0.25, 0.3) is 5.91 Å². The third-order valence-corrected chi connectivity index (χ3v) is 5.56. The molecular weight excluding hydrogens is 422 g/mol. The van der Waals surface area contributed by atoms with Crippen molar-refractivity contribution in [2.45, 2.75) is 19.9 Å². The number of aliphatic hydroxyl groups is 1. The number of phenols is 1. The topological polar surface area (TPSA) is 89.5 Å². The van der Waals surface area contributed by atoms with Crippen LogP contribution in [-0.4, -0.2) is 44.4 Å². The molecule has 0 aliphatic carbocycles. The van der Waals surface area contributed by atoms with E-state index in [1.807, 2.05) is 44.2 Å². The fourth-order valence-corrected chi connectivity index (χ4v) is 4.42. The van der Waals surface area contributed by atoms with Gasteiger partial charge >= 0.3 is 0 Å². The number of H-pyrrole nitrogens is 1. The number of benzene rings is 2. The number of β-amino-alcohol motifs (C(OH)–C–C–N with tert-alkyl or cyclic N) is 1. The van der Waals surface area contributed by atoms with E-state index < -0.39 is 6.04 Å². The average molecular weight is 442 g/mol. The SMILES string of the molecule is Cc1cc(C)c(-c2n[nH]c3c2[C@H](c2cccc(Br)c2)N(CCO)C3=O)c(O)c1. The van der Waals surface area contributed by atoms with Crippen LogP contribution in [0.25, 0.3) is 11.3 Å². The largest absolute Gasteiger partial charge is 0.507 e. The van der Waals surface area contributed by atoms with Crippen molar-refractivity contribution in [1.29, 1.82) is 0 Å². The Balaban J connectivity index is 1.96. The Morgan fingerprint density at radius 2 is 2.04 bits per heavy atom. The number of hydrogen-bond donors (Lipinski definition) is 3. The third-order valence-electron chi connectivity index (χ3n) is 5.06. The number of hydrogen-bond acceptors (Lipinski definition) is 4. The quantitative estimate of drug-likeness (QED) is 0.575. The fraction of sp³-hybridized carbons (Fsp3) is 0.238. The molecule has 6 nitrogen and oxygen atoms in total. The Hall–Kier alpha value is -2.64. The lowest BCUT2D eigenvalue weighted by Crippen LogP contribution is -2.32. The van der Waals surface area contributed by atoms with E-state index in [1.54, 1.807) is 11.0 Å². The number of nitrogens with one attached hydrogen (secondary N) is 1. The zero-order valence-electron chi connectivity index (χ0n) is 15.5. The lowest BCUT2D eigenvalue weighted by molar-refractivity contribution is 0.0706. The highest BCUT2D eigenvalue weighted by Gasteiger charge is 2.42. The van der Waals surface area contributed by atoms with E-state index in [4.69, 9.17) is 0 Å². The lowest BCUT2D eigenvalue weighted by atomic mass is 9.93. The normalized spacial score (nSPS) is 15.9. The van der Waals surface area contributed by atoms with Crippen molar-refractivity contribution < 1.29 is 15.0 Å². The van der Waals surface area contributed by atoms with Crippen LogP contribution in [0.5, 0.6) is 5.75 Å². The van der Waals surface area contributed by atoms with Gasteiger partial charge in [0, 0.05) is 22.1 Å². The number of fused-ring (bicyclic) bond motifs is 1. The molecule has 2 heterocycles. The molecule has 1 aliphatic rings. The molecule has 144 valence electrons. The first-order valence-electron chi connectivity index (χ1n) is 8.98. The number of aromatic nitrogens is 2. The van der Waals surface area contributed by atoms with E-state index in [0.29, 0.717) is 17.0 Å². The maximum absolute atomic E-state index is 13.0. The van der Waals surface area contributed by atoms with E-state index >= 15 is 0 Å². The van der Waals surface area contributed by atoms with Crippen molar-refractivity contribution in [2.75, 3.05) is 13.2 Å². The molecule has 7 heteroatoms. The number of aromatic hydroxyl groups is 1. The highest BCUT2D eigenvalue weighted by atomic mass is 79.9. The number of phenolic OH excluding ortho intramolecular Hbond substituents is 1. The number of aliphatic hydroxyl groups excluding tert-OH is 1. The van der Waals surface area contributed by atoms with Crippen molar-refractivity contribution in [3.63, 3.8) is 0 Å². The Labute approximate surface area is 171 Å². The van der Waals surface area contributed by atoms with Crippen LogP contribution in [0.3, 0.4) is 0 Å². The van der Waals surface area contributed by atoms with Gasteiger partial charge in [-0.1, -0.05) is 34.1 Å². The van der Waals surface area contributed by atoms with E-state index in [1.165, 1.54) is 0 Å². The minimum atomic E-state index is -0.402. The molecule has 0 spiro atoms. The van der Waals surface area contributed by atoms with E-state index in [-0.39, 0.29) is 24.8 Å². The Kier molecular flexibility index (Phi) is 4.72. The predicted octanol–water partition coefficient (Wildman–Crippen LogP) is 3.70. The minimum absolute atomic E-state index is 0.132. The highest BCUT2D eigenvalue weighted by Crippen LogP contribution is 2.45. The summed E-state index contributed by atoms with van der Waals surface area (Å²) >= 11 is 3.49. The summed E-state index contributed by atoms with van der Waals surface area (Å²) in [5, 5.41) is 27.4. The summed E-state index contributed by atoms with van der Waals surface area (Å²) in [6, 6.07) is 11.0. The van der Waals surface area contributed by atoms with Gasteiger partial charge in [-0.2, -0.15) is 5.10 Å². The van der Waals surface area contributed by atoms with Gasteiger partial charge in [-0.05, 0) is 48.7 Å². The van der Waals surface area contributed by atoms with Gasteiger partial charge in [0.2, 0.25) is 0 Å². The molecule has 1 aliphatic heterocycles. The Bertz CT molecular complexity index is 1050. The molecule has 0 radical (unpaired) electrons. The molecule has 1 atom stereocenters. The number of halogens is 1. The van der Waals surface area contributed by atoms with Crippen LogP contribution in [0.1, 0.15) is 38.8 Å². The second-order valence-corrected chi connectivity index (χ2v) is 7.93. The minimum Gasteiger partial charge on any atom is -0.507 e. The molecule has 4 rings (SSSR count). The first-order valence-corrected chi connectivity index (χ1v) is 9.77. The summed E-state index contributed by atoms with van der Waals surface area (Å²) in [7, 11) is 0. The van der Waals surface area contributed by atoms with Crippen LogP contribution in [0.15, 0.2) is 40.9 Å². The highest BCUT2D eigenvalue weighted by molar-refractivity contribution is 9.10. The molecule has 0 saturated carbocycles. The van der Waals surface area contributed by atoms with Crippen LogP contribution >= 0.6 is 15.9 Å². The van der Waals surface area contributed by atoms with Crippen LogP contribution in [0.2, 0.25) is 0 Å². The number of carbonyl (C=O) groups excluding carboxylic acids is 1. The molecule has 0 saturated heterocycles. The number of carbonyl (C=O) groups is 1. The van der Waals surface area contributed by atoms with Crippen LogP contribution in [0.4, 0.5) is 0 Å². The van der Waals surface area contributed by atoms with Crippen molar-refractivity contribution >= 4 is 21.8 Å². The van der Waals surface area contributed by atoms with Gasteiger partial charge in [0.1, 0.15) is 17.1 Å². The van der Waals surface area contributed by atoms with Crippen molar-refractivity contribution in [3.8, 4) is 17.0 Å². The predicted molar refractivity (Wildman–Crippen MR) is 109 cm³/mol. The van der Waals surface area contributed by atoms with Gasteiger partial charge in [0.05, 0.1) is 12.6 Å².